The van der Waals surface area contributed by atoms with Crippen molar-refractivity contribution in [2.24, 2.45) is 0 Å². The standard InChI is InChI=1S/C14H10AsClN2S/c15-10-3-4-12(16)11(6-10)14-18-13(8-19-14)9-2-1-5-17-7-9/h1-8H,15H2. The Morgan fingerprint density at radius 3 is 2.89 bits per heavy atom. The summed E-state index contributed by atoms with van der Waals surface area (Å²) >= 11 is 9.43. The van der Waals surface area contributed by atoms with E-state index in [0.29, 0.717) is 0 Å². The van der Waals surface area contributed by atoms with Crippen LogP contribution in [0.15, 0.2) is 48.1 Å². The first-order valence-corrected chi connectivity index (χ1v) is 8.12. The first-order valence-electron chi connectivity index (χ1n) is 5.65. The van der Waals surface area contributed by atoms with Gasteiger partial charge in [0.25, 0.3) is 0 Å². The molecule has 0 spiro atoms. The Morgan fingerprint density at radius 1 is 1.21 bits per heavy atom. The molecule has 2 heterocycles. The summed E-state index contributed by atoms with van der Waals surface area (Å²) in [6.07, 6.45) is 3.58. The van der Waals surface area contributed by atoms with E-state index in [4.69, 9.17) is 11.6 Å². The van der Waals surface area contributed by atoms with Gasteiger partial charge in [0.2, 0.25) is 0 Å². The molecule has 1 atom stereocenters. The Balaban J connectivity index is 2.04. The van der Waals surface area contributed by atoms with E-state index in [1.165, 1.54) is 4.35 Å². The van der Waals surface area contributed by atoms with Crippen LogP contribution in [0.25, 0.3) is 21.8 Å². The van der Waals surface area contributed by atoms with Gasteiger partial charge in [0.05, 0.1) is 0 Å². The second-order valence-corrected chi connectivity index (χ2v) is 6.68. The van der Waals surface area contributed by atoms with Crippen molar-refractivity contribution >= 4 is 44.1 Å². The van der Waals surface area contributed by atoms with E-state index in [1.807, 2.05) is 35.8 Å². The molecule has 5 heteroatoms. The summed E-state index contributed by atoms with van der Waals surface area (Å²) in [5.74, 6) is 0. The van der Waals surface area contributed by atoms with E-state index in [2.05, 4.69) is 16.0 Å². The molecular formula is C14H10AsClN2S. The van der Waals surface area contributed by atoms with Crippen molar-refractivity contribution in [3.8, 4) is 21.8 Å². The zero-order valence-corrected chi connectivity index (χ0v) is 13.9. The van der Waals surface area contributed by atoms with Crippen LogP contribution in [-0.4, -0.2) is 26.8 Å². The summed E-state index contributed by atoms with van der Waals surface area (Å²) in [6, 6.07) is 9.97. The van der Waals surface area contributed by atoms with Crippen molar-refractivity contribution in [1.29, 1.82) is 0 Å². The maximum absolute atomic E-state index is 6.25. The summed E-state index contributed by atoms with van der Waals surface area (Å²) in [5.41, 5.74) is 2.97. The topological polar surface area (TPSA) is 25.8 Å². The molecule has 1 aromatic carbocycles. The molecule has 3 rings (SSSR count). The molecule has 0 N–H and O–H groups in total. The zero-order valence-electron chi connectivity index (χ0n) is 9.88. The van der Waals surface area contributed by atoms with Gasteiger partial charge in [-0.2, -0.15) is 0 Å². The third kappa shape index (κ3) is 2.74. The summed E-state index contributed by atoms with van der Waals surface area (Å²) in [6.45, 7) is 0. The molecule has 0 amide bonds. The van der Waals surface area contributed by atoms with Crippen molar-refractivity contribution in [3.05, 3.63) is 53.1 Å². The monoisotopic (exact) mass is 348 g/mol. The molecule has 3 aromatic rings. The third-order valence-corrected chi connectivity index (χ3v) is 4.64. The van der Waals surface area contributed by atoms with E-state index < -0.39 is 0 Å². The molecule has 2 aromatic heterocycles. The normalized spacial score (nSPS) is 10.6. The second kappa shape index (κ2) is 5.46. The van der Waals surface area contributed by atoms with Gasteiger partial charge in [-0.3, -0.25) is 0 Å². The number of hydrogen-bond acceptors (Lipinski definition) is 3. The predicted octanol–water partition coefficient (Wildman–Crippen LogP) is 2.78. The first-order chi connectivity index (χ1) is 9.24. The molecule has 0 aliphatic carbocycles. The number of hydrogen-bond donors (Lipinski definition) is 0. The molecule has 0 saturated carbocycles. The summed E-state index contributed by atoms with van der Waals surface area (Å²) < 4.78 is 1.24. The van der Waals surface area contributed by atoms with Crippen LogP contribution < -0.4 is 4.35 Å². The average Bonchev–Trinajstić information content (AvgIpc) is 2.92. The van der Waals surface area contributed by atoms with Crippen molar-refractivity contribution in [3.63, 3.8) is 0 Å². The molecule has 19 heavy (non-hydrogen) atoms. The quantitative estimate of drug-likeness (QED) is 0.666. The van der Waals surface area contributed by atoms with Gasteiger partial charge in [-0.25, -0.2) is 0 Å². The van der Waals surface area contributed by atoms with Gasteiger partial charge in [-0.05, 0) is 0 Å². The zero-order chi connectivity index (χ0) is 13.2. The van der Waals surface area contributed by atoms with E-state index in [9.17, 15) is 0 Å². The molecule has 0 saturated heterocycles. The predicted molar refractivity (Wildman–Crippen MR) is 84.0 cm³/mol. The Labute approximate surface area is 129 Å². The van der Waals surface area contributed by atoms with E-state index >= 15 is 0 Å². The minimum absolute atomic E-state index is 0.744. The van der Waals surface area contributed by atoms with Crippen LogP contribution in [0.5, 0.6) is 0 Å². The molecule has 1 unspecified atom stereocenters. The van der Waals surface area contributed by atoms with E-state index in [-0.39, 0.29) is 0 Å². The fraction of sp³-hybridized carbons (Fsp3) is 0. The molecule has 0 aliphatic heterocycles. The Hall–Kier alpha value is -1.15. The van der Waals surface area contributed by atoms with Crippen LogP contribution in [0.4, 0.5) is 0 Å². The summed E-state index contributed by atoms with van der Waals surface area (Å²) in [4.78, 5) is 8.77. The molecule has 2 nitrogen and oxygen atoms in total. The van der Waals surface area contributed by atoms with Crippen LogP contribution in [-0.2, 0) is 0 Å². The molecular weight excluding hydrogens is 339 g/mol. The van der Waals surface area contributed by atoms with Gasteiger partial charge < -0.3 is 0 Å². The molecule has 94 valence electrons. The average molecular weight is 349 g/mol. The number of rotatable bonds is 2. The molecule has 0 radical (unpaired) electrons. The van der Waals surface area contributed by atoms with Gasteiger partial charge in [0.1, 0.15) is 0 Å². The van der Waals surface area contributed by atoms with E-state index in [0.717, 1.165) is 26.9 Å². The molecule has 0 fully saturated rings. The fourth-order valence-electron chi connectivity index (χ4n) is 1.75. The van der Waals surface area contributed by atoms with Crippen molar-refractivity contribution in [2.45, 2.75) is 0 Å². The van der Waals surface area contributed by atoms with Gasteiger partial charge in [0, 0.05) is 0 Å². The SMILES string of the molecule is Clc1ccc([AsH2])cc1-c1nc(-c2cccnc2)cs1. The molecule has 0 aliphatic rings. The van der Waals surface area contributed by atoms with Crippen molar-refractivity contribution < 1.29 is 0 Å². The van der Waals surface area contributed by atoms with Crippen LogP contribution in [0.2, 0.25) is 5.02 Å². The second-order valence-electron chi connectivity index (χ2n) is 4.02. The van der Waals surface area contributed by atoms with Gasteiger partial charge in [0.15, 0.2) is 0 Å². The molecule has 0 bridgehead atoms. The Morgan fingerprint density at radius 2 is 2.11 bits per heavy atom. The van der Waals surface area contributed by atoms with Gasteiger partial charge >= 0.3 is 129 Å². The number of thiazole rings is 1. The van der Waals surface area contributed by atoms with Crippen LogP contribution in [0, 0.1) is 0 Å². The summed E-state index contributed by atoms with van der Waals surface area (Å²) in [7, 11) is 0. The number of halogens is 1. The number of nitrogens with zero attached hydrogens (tertiary/aromatic N) is 2. The Bertz CT molecular complexity index is 712. The minimum atomic E-state index is 0.744. The van der Waals surface area contributed by atoms with Crippen LogP contribution >= 0.6 is 22.9 Å². The Kier molecular flexibility index (Phi) is 3.69. The fourth-order valence-corrected chi connectivity index (χ4v) is 3.42. The number of aromatic nitrogens is 2. The third-order valence-electron chi connectivity index (χ3n) is 2.68. The summed E-state index contributed by atoms with van der Waals surface area (Å²) in [5, 5.41) is 3.73. The maximum atomic E-state index is 6.25. The first kappa shape index (κ1) is 12.9. The van der Waals surface area contributed by atoms with Crippen molar-refractivity contribution in [1.82, 2.24) is 9.97 Å². The number of benzene rings is 1. The number of pyridine rings is 1. The van der Waals surface area contributed by atoms with Crippen LogP contribution in [0.1, 0.15) is 0 Å². The van der Waals surface area contributed by atoms with Crippen LogP contribution in [0.3, 0.4) is 0 Å². The van der Waals surface area contributed by atoms with Gasteiger partial charge in [-0.1, -0.05) is 0 Å². The van der Waals surface area contributed by atoms with Gasteiger partial charge in [-0.15, -0.1) is 0 Å². The van der Waals surface area contributed by atoms with Crippen molar-refractivity contribution in [2.75, 3.05) is 0 Å². The van der Waals surface area contributed by atoms with E-state index in [1.54, 1.807) is 34.4 Å².